The zero-order valence-corrected chi connectivity index (χ0v) is 12.3. The molecule has 8 nitrogen and oxygen atoms in total. The third-order valence-electron chi connectivity index (χ3n) is 2.67. The molecular weight excluding hydrogens is 292 g/mol. The number of carbonyl (C=O) groups is 2. The SMILES string of the molecule is C[C@H](Sc1nnnn1C)C(=O)Nc1ccc(C(N)=O)cc1. The van der Waals surface area contributed by atoms with Gasteiger partial charge in [-0.2, -0.15) is 0 Å². The van der Waals surface area contributed by atoms with Crippen molar-refractivity contribution in [2.24, 2.45) is 12.8 Å². The molecule has 0 fully saturated rings. The van der Waals surface area contributed by atoms with Gasteiger partial charge in [0.25, 0.3) is 0 Å². The first-order valence-electron chi connectivity index (χ1n) is 6.07. The number of nitrogens with zero attached hydrogens (tertiary/aromatic N) is 4. The van der Waals surface area contributed by atoms with Crippen molar-refractivity contribution in [1.82, 2.24) is 20.2 Å². The van der Waals surface area contributed by atoms with Gasteiger partial charge in [-0.1, -0.05) is 11.8 Å². The van der Waals surface area contributed by atoms with Gasteiger partial charge < -0.3 is 11.1 Å². The van der Waals surface area contributed by atoms with Crippen LogP contribution in [0.4, 0.5) is 5.69 Å². The highest BCUT2D eigenvalue weighted by atomic mass is 32.2. The van der Waals surface area contributed by atoms with Crippen LogP contribution < -0.4 is 11.1 Å². The van der Waals surface area contributed by atoms with Crippen LogP contribution in [0.15, 0.2) is 29.4 Å². The number of rotatable bonds is 5. The number of aryl methyl sites for hydroxylation is 1. The number of benzene rings is 1. The largest absolute Gasteiger partial charge is 0.366 e. The van der Waals surface area contributed by atoms with E-state index in [-0.39, 0.29) is 11.2 Å². The lowest BCUT2D eigenvalue weighted by atomic mass is 10.2. The fraction of sp³-hybridized carbons (Fsp3) is 0.250. The molecule has 1 aromatic heterocycles. The minimum absolute atomic E-state index is 0.185. The molecule has 0 saturated heterocycles. The smallest absolute Gasteiger partial charge is 0.248 e. The van der Waals surface area contributed by atoms with E-state index in [2.05, 4.69) is 20.8 Å². The molecule has 0 saturated carbocycles. The number of nitrogens with two attached hydrogens (primary N) is 1. The van der Waals surface area contributed by atoms with Crippen LogP contribution in [0.1, 0.15) is 17.3 Å². The molecule has 3 N–H and O–H groups in total. The molecule has 0 unspecified atom stereocenters. The summed E-state index contributed by atoms with van der Waals surface area (Å²) in [5, 5.41) is 14.0. The Labute approximate surface area is 125 Å². The standard InChI is InChI=1S/C12H14N6O2S/c1-7(21-12-15-16-17-18(12)2)11(20)14-9-5-3-8(4-6-9)10(13)19/h3-7H,1-2H3,(H2,13,19)(H,14,20)/t7-/m0/s1. The van der Waals surface area contributed by atoms with E-state index in [4.69, 9.17) is 5.73 Å². The molecule has 0 aliphatic heterocycles. The Kier molecular flexibility index (Phi) is 4.53. The Bertz CT molecular complexity index is 654. The Hall–Kier alpha value is -2.42. The molecule has 2 rings (SSSR count). The third kappa shape index (κ3) is 3.78. The number of thioether (sulfide) groups is 1. The summed E-state index contributed by atoms with van der Waals surface area (Å²) in [6.45, 7) is 1.76. The van der Waals surface area contributed by atoms with Gasteiger partial charge in [0.2, 0.25) is 17.0 Å². The molecule has 0 spiro atoms. The number of nitrogens with one attached hydrogen (secondary N) is 1. The lowest BCUT2D eigenvalue weighted by Gasteiger charge is -2.11. The maximum absolute atomic E-state index is 12.1. The van der Waals surface area contributed by atoms with Gasteiger partial charge in [0.1, 0.15) is 0 Å². The monoisotopic (exact) mass is 306 g/mol. The van der Waals surface area contributed by atoms with Crippen molar-refractivity contribution in [1.29, 1.82) is 0 Å². The first-order valence-corrected chi connectivity index (χ1v) is 6.95. The molecule has 0 aliphatic carbocycles. The lowest BCUT2D eigenvalue weighted by Crippen LogP contribution is -2.23. The molecule has 9 heteroatoms. The van der Waals surface area contributed by atoms with Crippen LogP contribution in [0.25, 0.3) is 0 Å². The van der Waals surface area contributed by atoms with E-state index >= 15 is 0 Å². The molecule has 0 aliphatic rings. The van der Waals surface area contributed by atoms with Crippen LogP contribution in [0, 0.1) is 0 Å². The fourth-order valence-corrected chi connectivity index (χ4v) is 2.25. The number of hydrogen-bond acceptors (Lipinski definition) is 6. The quantitative estimate of drug-likeness (QED) is 0.774. The minimum Gasteiger partial charge on any atom is -0.366 e. The Morgan fingerprint density at radius 3 is 2.52 bits per heavy atom. The highest BCUT2D eigenvalue weighted by Crippen LogP contribution is 2.20. The maximum Gasteiger partial charge on any atom is 0.248 e. The van der Waals surface area contributed by atoms with E-state index in [1.165, 1.54) is 16.4 Å². The van der Waals surface area contributed by atoms with Gasteiger partial charge in [0.15, 0.2) is 0 Å². The number of anilines is 1. The number of amides is 2. The predicted molar refractivity (Wildman–Crippen MR) is 77.7 cm³/mol. The summed E-state index contributed by atoms with van der Waals surface area (Å²) in [6.07, 6.45) is 0. The summed E-state index contributed by atoms with van der Waals surface area (Å²) < 4.78 is 1.50. The summed E-state index contributed by atoms with van der Waals surface area (Å²) >= 11 is 1.25. The second-order valence-corrected chi connectivity index (χ2v) is 5.58. The zero-order valence-electron chi connectivity index (χ0n) is 11.5. The van der Waals surface area contributed by atoms with Crippen molar-refractivity contribution in [3.05, 3.63) is 29.8 Å². The molecule has 2 amide bonds. The molecule has 1 heterocycles. The number of hydrogen-bond donors (Lipinski definition) is 2. The van der Waals surface area contributed by atoms with Crippen LogP contribution in [0.2, 0.25) is 0 Å². The zero-order chi connectivity index (χ0) is 15.4. The van der Waals surface area contributed by atoms with Crippen LogP contribution >= 0.6 is 11.8 Å². The molecule has 0 bridgehead atoms. The van der Waals surface area contributed by atoms with Gasteiger partial charge in [0.05, 0.1) is 5.25 Å². The Balaban J connectivity index is 1.97. The molecule has 0 radical (unpaired) electrons. The van der Waals surface area contributed by atoms with Gasteiger partial charge in [-0.05, 0) is 41.6 Å². The average molecular weight is 306 g/mol. The average Bonchev–Trinajstić information content (AvgIpc) is 2.84. The lowest BCUT2D eigenvalue weighted by molar-refractivity contribution is -0.115. The highest BCUT2D eigenvalue weighted by Gasteiger charge is 2.17. The Morgan fingerprint density at radius 1 is 1.33 bits per heavy atom. The van der Waals surface area contributed by atoms with Gasteiger partial charge >= 0.3 is 0 Å². The van der Waals surface area contributed by atoms with Gasteiger partial charge in [-0.15, -0.1) is 5.10 Å². The van der Waals surface area contributed by atoms with Crippen molar-refractivity contribution in [2.45, 2.75) is 17.3 Å². The van der Waals surface area contributed by atoms with Crippen molar-refractivity contribution in [3.8, 4) is 0 Å². The molecule has 110 valence electrons. The van der Waals surface area contributed by atoms with Crippen LogP contribution in [0.3, 0.4) is 0 Å². The first-order chi connectivity index (χ1) is 9.97. The molecule has 21 heavy (non-hydrogen) atoms. The van der Waals surface area contributed by atoms with Crippen LogP contribution in [-0.4, -0.2) is 37.3 Å². The Morgan fingerprint density at radius 2 is 2.00 bits per heavy atom. The van der Waals surface area contributed by atoms with E-state index in [1.54, 1.807) is 38.2 Å². The predicted octanol–water partition coefficient (Wildman–Crippen LogP) is 0.428. The fourth-order valence-electron chi connectivity index (χ4n) is 1.49. The number of carbonyl (C=O) groups excluding carboxylic acids is 2. The van der Waals surface area contributed by atoms with Crippen molar-refractivity contribution in [3.63, 3.8) is 0 Å². The topological polar surface area (TPSA) is 116 Å². The summed E-state index contributed by atoms with van der Waals surface area (Å²) in [6, 6.07) is 6.36. The number of tetrazole rings is 1. The van der Waals surface area contributed by atoms with E-state index in [9.17, 15) is 9.59 Å². The number of primary amides is 1. The molecule has 1 atom stereocenters. The van der Waals surface area contributed by atoms with Crippen LogP contribution in [0.5, 0.6) is 0 Å². The minimum atomic E-state index is -0.508. The van der Waals surface area contributed by atoms with Gasteiger partial charge in [-0.3, -0.25) is 9.59 Å². The number of aromatic nitrogens is 4. The third-order valence-corrected chi connectivity index (χ3v) is 3.79. The van der Waals surface area contributed by atoms with E-state index in [0.29, 0.717) is 16.4 Å². The summed E-state index contributed by atoms with van der Waals surface area (Å²) in [4.78, 5) is 23.0. The highest BCUT2D eigenvalue weighted by molar-refractivity contribution is 8.00. The second kappa shape index (κ2) is 6.35. The van der Waals surface area contributed by atoms with Crippen molar-refractivity contribution < 1.29 is 9.59 Å². The molecule has 1 aromatic carbocycles. The summed E-state index contributed by atoms with van der Waals surface area (Å²) in [5.41, 5.74) is 6.13. The van der Waals surface area contributed by atoms with Gasteiger partial charge in [0, 0.05) is 18.3 Å². The normalized spacial score (nSPS) is 11.9. The second-order valence-electron chi connectivity index (χ2n) is 4.28. The summed E-state index contributed by atoms with van der Waals surface area (Å²) in [5.74, 6) is -0.693. The van der Waals surface area contributed by atoms with E-state index in [0.717, 1.165) is 0 Å². The van der Waals surface area contributed by atoms with Crippen molar-refractivity contribution >= 4 is 29.3 Å². The van der Waals surface area contributed by atoms with Gasteiger partial charge in [-0.25, -0.2) is 4.68 Å². The first kappa shape index (κ1) is 15.0. The van der Waals surface area contributed by atoms with Crippen molar-refractivity contribution in [2.75, 3.05) is 5.32 Å². The van der Waals surface area contributed by atoms with E-state index < -0.39 is 5.91 Å². The van der Waals surface area contributed by atoms with E-state index in [1.807, 2.05) is 0 Å². The molecule has 2 aromatic rings. The molecular formula is C12H14N6O2S. The maximum atomic E-state index is 12.1. The summed E-state index contributed by atoms with van der Waals surface area (Å²) in [7, 11) is 1.70. The van der Waals surface area contributed by atoms with Crippen LogP contribution in [-0.2, 0) is 11.8 Å².